The Hall–Kier alpha value is -2.84. The van der Waals surface area contributed by atoms with Crippen LogP contribution in [-0.2, 0) is 19.2 Å². The van der Waals surface area contributed by atoms with Gasteiger partial charge in [-0.1, -0.05) is 6.92 Å². The molecule has 37 heavy (non-hydrogen) atoms. The van der Waals surface area contributed by atoms with Gasteiger partial charge >= 0.3 is 5.97 Å². The molecule has 14 heteroatoms. The first-order chi connectivity index (χ1) is 17.4. The number of rotatable bonds is 8. The second-order valence-electron chi connectivity index (χ2n) is 10.3. The predicted molar refractivity (Wildman–Crippen MR) is 135 cm³/mol. The lowest BCUT2D eigenvalue weighted by molar-refractivity contribution is -0.163. The Morgan fingerprint density at radius 2 is 2.08 bits per heavy atom. The summed E-state index contributed by atoms with van der Waals surface area (Å²) in [5.74, 6) is -2.86. The number of likely N-dealkylation sites (tertiary alicyclic amines) is 1. The van der Waals surface area contributed by atoms with Crippen LogP contribution < -0.4 is 16.4 Å². The number of aliphatic carboxylic acids is 1. The van der Waals surface area contributed by atoms with Gasteiger partial charge in [-0.15, -0.1) is 11.8 Å². The number of thioether (sulfide) groups is 1. The maximum absolute atomic E-state index is 13.1. The van der Waals surface area contributed by atoms with Gasteiger partial charge in [-0.2, -0.15) is 0 Å². The second-order valence-corrected chi connectivity index (χ2v) is 11.6. The molecule has 4 rings (SSSR count). The molecule has 3 fully saturated rings. The standard InChI is InChI=1S/C23H35N7O6S/c1-10-17-16(11(2)31)21(34)30(17)18(22(35)36)19(10)37-13-6-14(26-7-13)20(33)29-5-4-12(8-29)27-15(32)9-28(3)23(24)25/h10-14,16-17,26,31H,4-9H2,1-3H3,(H3,24,25)(H,27,32)(H,35,36)/t10-,11-,12+,13+,14+,16-,17-/m1/s1. The molecule has 0 aromatic carbocycles. The number of hydrogen-bond donors (Lipinski definition) is 6. The van der Waals surface area contributed by atoms with Crippen molar-refractivity contribution in [3.8, 4) is 0 Å². The van der Waals surface area contributed by atoms with Crippen LogP contribution in [0.4, 0.5) is 0 Å². The summed E-state index contributed by atoms with van der Waals surface area (Å²) >= 11 is 1.40. The fourth-order valence-electron chi connectivity index (χ4n) is 5.71. The highest BCUT2D eigenvalue weighted by molar-refractivity contribution is 8.03. The van der Waals surface area contributed by atoms with Crippen molar-refractivity contribution < 1.29 is 29.4 Å². The van der Waals surface area contributed by atoms with E-state index in [0.717, 1.165) is 0 Å². The van der Waals surface area contributed by atoms with E-state index in [1.54, 1.807) is 18.9 Å². The number of aliphatic hydroxyl groups is 1. The number of carboxylic acids is 1. The van der Waals surface area contributed by atoms with Gasteiger partial charge in [-0.05, 0) is 19.8 Å². The molecule has 4 aliphatic heterocycles. The number of carbonyl (C=O) groups excluding carboxylic acids is 3. The molecule has 0 aromatic heterocycles. The van der Waals surface area contributed by atoms with Crippen molar-refractivity contribution in [3.05, 3.63) is 10.6 Å². The fourth-order valence-corrected chi connectivity index (χ4v) is 7.19. The molecule has 7 atom stereocenters. The van der Waals surface area contributed by atoms with E-state index in [0.29, 0.717) is 37.4 Å². The SMILES string of the molecule is C[C@@H](O)[C@H]1C(=O)N2C(C(=O)O)=C(S[C@@H]3CN[C@H](C(=O)N4CC[C@H](NC(=O)CN(C)C(=N)N)C4)C3)[C@H](C)[C@H]12. The number of nitrogens with two attached hydrogens (primary N) is 1. The van der Waals surface area contributed by atoms with E-state index in [-0.39, 0.29) is 59.2 Å². The van der Waals surface area contributed by atoms with Crippen LogP contribution in [0.3, 0.4) is 0 Å². The molecule has 7 N–H and O–H groups in total. The van der Waals surface area contributed by atoms with E-state index in [4.69, 9.17) is 11.1 Å². The summed E-state index contributed by atoms with van der Waals surface area (Å²) in [7, 11) is 1.56. The Labute approximate surface area is 219 Å². The van der Waals surface area contributed by atoms with Crippen LogP contribution >= 0.6 is 11.8 Å². The lowest BCUT2D eigenvalue weighted by Gasteiger charge is -2.46. The minimum Gasteiger partial charge on any atom is -0.477 e. The number of likely N-dealkylation sites (N-methyl/N-ethyl adjacent to an activating group) is 1. The lowest BCUT2D eigenvalue weighted by Crippen LogP contribution is -2.63. The van der Waals surface area contributed by atoms with Gasteiger partial charge in [0.1, 0.15) is 5.70 Å². The van der Waals surface area contributed by atoms with Crippen molar-refractivity contribution >= 4 is 41.4 Å². The van der Waals surface area contributed by atoms with E-state index in [9.17, 15) is 29.4 Å². The third-order valence-corrected chi connectivity index (χ3v) is 9.16. The minimum atomic E-state index is -1.16. The maximum atomic E-state index is 13.1. The molecule has 4 heterocycles. The van der Waals surface area contributed by atoms with Crippen molar-refractivity contribution in [2.75, 3.05) is 33.2 Å². The number of carbonyl (C=O) groups is 4. The highest BCUT2D eigenvalue weighted by Crippen LogP contribution is 2.51. The molecule has 0 spiro atoms. The average molecular weight is 538 g/mol. The Morgan fingerprint density at radius 3 is 2.70 bits per heavy atom. The van der Waals surface area contributed by atoms with Crippen molar-refractivity contribution in [1.82, 2.24) is 25.3 Å². The molecule has 0 aliphatic carbocycles. The summed E-state index contributed by atoms with van der Waals surface area (Å²) in [6.07, 6.45) is 0.297. The Morgan fingerprint density at radius 1 is 1.38 bits per heavy atom. The maximum Gasteiger partial charge on any atom is 0.353 e. The molecule has 3 saturated heterocycles. The van der Waals surface area contributed by atoms with Crippen LogP contribution in [0, 0.1) is 17.2 Å². The highest BCUT2D eigenvalue weighted by Gasteiger charge is 2.60. The molecular weight excluding hydrogens is 502 g/mol. The molecule has 3 amide bonds. The van der Waals surface area contributed by atoms with Gasteiger partial charge in [-0.3, -0.25) is 19.8 Å². The summed E-state index contributed by atoms with van der Waals surface area (Å²) < 4.78 is 0. The molecule has 0 unspecified atom stereocenters. The topological polar surface area (TPSA) is 192 Å². The van der Waals surface area contributed by atoms with Crippen molar-refractivity contribution in [2.45, 2.75) is 56.2 Å². The van der Waals surface area contributed by atoms with Crippen molar-refractivity contribution in [2.24, 2.45) is 17.6 Å². The van der Waals surface area contributed by atoms with Gasteiger partial charge < -0.3 is 41.3 Å². The van der Waals surface area contributed by atoms with E-state index < -0.39 is 24.0 Å². The normalized spacial score (nSPS) is 31.7. The molecule has 4 aliphatic rings. The minimum absolute atomic E-state index is 0.00674. The van der Waals surface area contributed by atoms with Gasteiger partial charge in [0.2, 0.25) is 17.7 Å². The molecule has 13 nitrogen and oxygen atoms in total. The molecular formula is C23H35N7O6S. The summed E-state index contributed by atoms with van der Waals surface area (Å²) in [5, 5.41) is 33.3. The number of β-lactam (4-membered cyclic amide) rings is 1. The van der Waals surface area contributed by atoms with Crippen LogP contribution in [0.25, 0.3) is 0 Å². The first-order valence-electron chi connectivity index (χ1n) is 12.4. The van der Waals surface area contributed by atoms with Gasteiger partial charge in [0.15, 0.2) is 5.96 Å². The first kappa shape index (κ1) is 27.2. The molecule has 0 saturated carbocycles. The smallest absolute Gasteiger partial charge is 0.353 e. The Balaban J connectivity index is 1.32. The summed E-state index contributed by atoms with van der Waals surface area (Å²) in [5.41, 5.74) is 5.36. The average Bonchev–Trinajstić information content (AvgIpc) is 3.52. The molecule has 204 valence electrons. The van der Waals surface area contributed by atoms with Crippen LogP contribution in [0.5, 0.6) is 0 Å². The van der Waals surface area contributed by atoms with E-state index in [1.165, 1.54) is 21.6 Å². The van der Waals surface area contributed by atoms with E-state index in [1.807, 2.05) is 6.92 Å². The van der Waals surface area contributed by atoms with Gasteiger partial charge in [0, 0.05) is 48.8 Å². The number of hydrogen-bond acceptors (Lipinski definition) is 8. The van der Waals surface area contributed by atoms with Crippen LogP contribution in [0.2, 0.25) is 0 Å². The molecule has 0 bridgehead atoms. The molecule has 0 radical (unpaired) electrons. The zero-order chi connectivity index (χ0) is 27.2. The van der Waals surface area contributed by atoms with E-state index in [2.05, 4.69) is 10.6 Å². The third kappa shape index (κ3) is 5.14. The van der Waals surface area contributed by atoms with Crippen LogP contribution in [0.15, 0.2) is 10.6 Å². The van der Waals surface area contributed by atoms with Gasteiger partial charge in [0.05, 0.1) is 30.7 Å². The Bertz CT molecular complexity index is 1040. The number of aliphatic hydroxyl groups excluding tert-OH is 1. The lowest BCUT2D eigenvalue weighted by atomic mass is 9.79. The summed E-state index contributed by atoms with van der Waals surface area (Å²) in [6.45, 7) is 4.84. The third-order valence-electron chi connectivity index (χ3n) is 7.65. The largest absolute Gasteiger partial charge is 0.477 e. The number of nitrogens with one attached hydrogen (secondary N) is 3. The fraction of sp³-hybridized carbons (Fsp3) is 0.696. The van der Waals surface area contributed by atoms with Crippen LogP contribution in [0.1, 0.15) is 26.7 Å². The van der Waals surface area contributed by atoms with Crippen LogP contribution in [-0.4, -0.2) is 117 Å². The zero-order valence-electron chi connectivity index (χ0n) is 21.1. The number of guanidine groups is 1. The summed E-state index contributed by atoms with van der Waals surface area (Å²) in [6, 6.07) is -0.944. The van der Waals surface area contributed by atoms with Gasteiger partial charge in [0.25, 0.3) is 0 Å². The van der Waals surface area contributed by atoms with Crippen molar-refractivity contribution in [3.63, 3.8) is 0 Å². The molecule has 0 aromatic rings. The Kier molecular flexibility index (Phi) is 7.72. The monoisotopic (exact) mass is 537 g/mol. The van der Waals surface area contributed by atoms with E-state index >= 15 is 0 Å². The summed E-state index contributed by atoms with van der Waals surface area (Å²) in [4.78, 5) is 54.9. The highest BCUT2D eigenvalue weighted by atomic mass is 32.2. The number of amides is 3. The number of fused-ring (bicyclic) bond motifs is 1. The zero-order valence-corrected chi connectivity index (χ0v) is 22.0. The first-order valence-corrected chi connectivity index (χ1v) is 13.3. The second kappa shape index (κ2) is 10.5. The predicted octanol–water partition coefficient (Wildman–Crippen LogP) is -1.85. The number of nitrogens with zero attached hydrogens (tertiary/aromatic N) is 3. The number of carboxylic acid groups (broad SMARTS) is 1. The van der Waals surface area contributed by atoms with Gasteiger partial charge in [-0.25, -0.2) is 4.79 Å². The van der Waals surface area contributed by atoms with Crippen molar-refractivity contribution in [1.29, 1.82) is 5.41 Å². The quantitative estimate of drug-likeness (QED) is 0.116.